The fourth-order valence-corrected chi connectivity index (χ4v) is 2.70. The summed E-state index contributed by atoms with van der Waals surface area (Å²) in [5, 5.41) is 0.856. The van der Waals surface area contributed by atoms with E-state index in [-0.39, 0.29) is 0 Å². The Morgan fingerprint density at radius 2 is 1.75 bits per heavy atom. The van der Waals surface area contributed by atoms with Gasteiger partial charge in [0.2, 0.25) is 0 Å². The van der Waals surface area contributed by atoms with Gasteiger partial charge in [-0.15, -0.1) is 0 Å². The van der Waals surface area contributed by atoms with Crippen LogP contribution in [-0.4, -0.2) is 43.3 Å². The third-order valence-corrected chi connectivity index (χ3v) is 3.98. The summed E-state index contributed by atoms with van der Waals surface area (Å²) < 4.78 is 10.6. The highest BCUT2D eigenvalue weighted by Gasteiger charge is 2.09. The van der Waals surface area contributed by atoms with E-state index in [9.17, 15) is 0 Å². The summed E-state index contributed by atoms with van der Waals surface area (Å²) in [5.74, 6) is 0.919. The molecule has 2 aromatic rings. The number of methoxy groups -OCH3 is 1. The lowest BCUT2D eigenvalue weighted by molar-refractivity contribution is 0.140. The van der Waals surface area contributed by atoms with Crippen LogP contribution in [0.3, 0.4) is 0 Å². The molecule has 1 saturated heterocycles. The van der Waals surface area contributed by atoms with E-state index in [4.69, 9.17) is 32.7 Å². The van der Waals surface area contributed by atoms with Gasteiger partial charge in [0, 0.05) is 26.2 Å². The van der Waals surface area contributed by atoms with E-state index in [1.165, 1.54) is 5.56 Å². The normalized spacial score (nSPS) is 15.1. The predicted molar refractivity (Wildman–Crippen MR) is 98.0 cm³/mol. The second-order valence-corrected chi connectivity index (χ2v) is 6.15. The molecular weight excluding hydrogens is 347 g/mol. The molecule has 0 radical (unpaired) electrons. The minimum absolute atomic E-state index is 0.428. The van der Waals surface area contributed by atoms with Crippen molar-refractivity contribution in [1.29, 1.82) is 0 Å². The third-order valence-electron chi connectivity index (χ3n) is 3.56. The maximum absolute atomic E-state index is 5.45. The van der Waals surface area contributed by atoms with Crippen LogP contribution in [0.1, 0.15) is 12.0 Å². The van der Waals surface area contributed by atoms with E-state index in [2.05, 4.69) is 22.0 Å². The lowest BCUT2D eigenvalue weighted by atomic mass is 10.2. The lowest BCUT2D eigenvalue weighted by Gasteiger charge is -2.19. The van der Waals surface area contributed by atoms with Gasteiger partial charge in [-0.1, -0.05) is 41.4 Å². The molecule has 1 aliphatic heterocycles. The summed E-state index contributed by atoms with van der Waals surface area (Å²) in [5.41, 5.74) is 1.34. The molecule has 0 N–H and O–H groups in total. The molecule has 130 valence electrons. The minimum Gasteiger partial charge on any atom is -0.497 e. The van der Waals surface area contributed by atoms with Gasteiger partial charge in [-0.05, 0) is 36.2 Å². The van der Waals surface area contributed by atoms with Crippen molar-refractivity contribution in [3.05, 3.63) is 58.3 Å². The first kappa shape index (κ1) is 19.0. The molecule has 24 heavy (non-hydrogen) atoms. The topological polar surface area (TPSA) is 34.6 Å². The van der Waals surface area contributed by atoms with Gasteiger partial charge >= 0.3 is 0 Å². The zero-order valence-corrected chi connectivity index (χ0v) is 15.3. The molecule has 2 heterocycles. The highest BCUT2D eigenvalue weighted by atomic mass is 35.5. The average Bonchev–Trinajstić information content (AvgIpc) is 2.85. The van der Waals surface area contributed by atoms with Crippen LogP contribution in [0.4, 0.5) is 0 Å². The monoisotopic (exact) mass is 368 g/mol. The fourth-order valence-electron chi connectivity index (χ4n) is 2.33. The van der Waals surface area contributed by atoms with Crippen LogP contribution >= 0.6 is 23.2 Å². The first-order valence-corrected chi connectivity index (χ1v) is 8.64. The second kappa shape index (κ2) is 10.5. The Hall–Kier alpha value is -1.33. The van der Waals surface area contributed by atoms with Crippen LogP contribution in [0.25, 0.3) is 0 Å². The Morgan fingerprint density at radius 1 is 1.04 bits per heavy atom. The molecule has 0 saturated carbocycles. The van der Waals surface area contributed by atoms with Gasteiger partial charge in [0.1, 0.15) is 16.1 Å². The molecule has 0 amide bonds. The molecule has 0 unspecified atom stereocenters. The van der Waals surface area contributed by atoms with Gasteiger partial charge in [-0.3, -0.25) is 4.90 Å². The first-order chi connectivity index (χ1) is 11.7. The van der Waals surface area contributed by atoms with Gasteiger partial charge in [0.15, 0.2) is 0 Å². The maximum Gasteiger partial charge on any atom is 0.130 e. The van der Waals surface area contributed by atoms with Gasteiger partial charge < -0.3 is 9.47 Å². The Balaban J connectivity index is 0.000000219. The number of benzene rings is 1. The van der Waals surface area contributed by atoms with E-state index < -0.39 is 0 Å². The molecule has 1 aromatic heterocycles. The molecule has 0 bridgehead atoms. The largest absolute Gasteiger partial charge is 0.497 e. The van der Waals surface area contributed by atoms with Crippen LogP contribution in [0, 0.1) is 0 Å². The van der Waals surface area contributed by atoms with Crippen LogP contribution in [0.5, 0.6) is 5.75 Å². The third kappa shape index (κ3) is 7.05. The van der Waals surface area contributed by atoms with Gasteiger partial charge in [0.25, 0.3) is 0 Å². The maximum atomic E-state index is 5.45. The number of ether oxygens (including phenoxy) is 2. The highest BCUT2D eigenvalue weighted by molar-refractivity contribution is 6.32. The van der Waals surface area contributed by atoms with E-state index >= 15 is 0 Å². The fraction of sp³-hybridized carbons (Fsp3) is 0.389. The van der Waals surface area contributed by atoms with Crippen molar-refractivity contribution in [3.8, 4) is 5.75 Å². The first-order valence-electron chi connectivity index (χ1n) is 7.88. The smallest absolute Gasteiger partial charge is 0.130 e. The molecule has 0 spiro atoms. The Morgan fingerprint density at radius 3 is 2.33 bits per heavy atom. The molecule has 6 heteroatoms. The van der Waals surface area contributed by atoms with Gasteiger partial charge in [0.05, 0.1) is 13.7 Å². The summed E-state index contributed by atoms with van der Waals surface area (Å²) >= 11 is 10.9. The Kier molecular flexibility index (Phi) is 8.33. The number of nitrogens with zero attached hydrogens (tertiary/aromatic N) is 2. The molecule has 4 nitrogen and oxygen atoms in total. The van der Waals surface area contributed by atoms with E-state index in [1.807, 2.05) is 12.1 Å². The van der Waals surface area contributed by atoms with E-state index in [0.29, 0.717) is 10.3 Å². The summed E-state index contributed by atoms with van der Waals surface area (Å²) in [6, 6.07) is 13.4. The average molecular weight is 369 g/mol. The molecule has 0 aliphatic carbocycles. The number of pyridine rings is 1. The van der Waals surface area contributed by atoms with Crippen LogP contribution in [0.2, 0.25) is 10.3 Å². The zero-order chi connectivity index (χ0) is 17.2. The molecule has 1 aliphatic rings. The van der Waals surface area contributed by atoms with Crippen molar-refractivity contribution in [3.63, 3.8) is 0 Å². The highest BCUT2D eigenvalue weighted by Crippen LogP contribution is 2.13. The van der Waals surface area contributed by atoms with Crippen molar-refractivity contribution < 1.29 is 9.47 Å². The van der Waals surface area contributed by atoms with E-state index in [0.717, 1.165) is 45.0 Å². The van der Waals surface area contributed by atoms with Gasteiger partial charge in [-0.2, -0.15) is 0 Å². The number of aromatic nitrogens is 1. The number of hydrogen-bond donors (Lipinski definition) is 0. The molecule has 1 fully saturated rings. The van der Waals surface area contributed by atoms with Crippen molar-refractivity contribution in [2.24, 2.45) is 0 Å². The standard InChI is InChI=1S/C13H19NO2.C5H3Cl2N/c1-15-13-5-3-12(4-6-13)11-14-7-2-9-16-10-8-14;6-4-2-1-3-5(7)8-4/h3-6H,2,7-11H2,1H3;1-3H. The Labute approximate surface area is 153 Å². The van der Waals surface area contributed by atoms with Gasteiger partial charge in [-0.25, -0.2) is 4.98 Å². The number of halogens is 2. The van der Waals surface area contributed by atoms with Crippen molar-refractivity contribution in [2.75, 3.05) is 33.4 Å². The summed E-state index contributed by atoms with van der Waals surface area (Å²) in [6.07, 6.45) is 1.14. The Bertz CT molecular complexity index is 583. The van der Waals surface area contributed by atoms with Crippen LogP contribution in [-0.2, 0) is 11.3 Å². The minimum atomic E-state index is 0.428. The lowest BCUT2D eigenvalue weighted by Crippen LogP contribution is -2.25. The summed E-state index contributed by atoms with van der Waals surface area (Å²) in [4.78, 5) is 6.14. The zero-order valence-electron chi connectivity index (χ0n) is 13.8. The molecule has 0 atom stereocenters. The number of rotatable bonds is 3. The van der Waals surface area contributed by atoms with Crippen LogP contribution in [0.15, 0.2) is 42.5 Å². The van der Waals surface area contributed by atoms with E-state index in [1.54, 1.807) is 25.3 Å². The van der Waals surface area contributed by atoms with Crippen molar-refractivity contribution in [2.45, 2.75) is 13.0 Å². The molecule has 3 rings (SSSR count). The molecular formula is C18H22Cl2N2O2. The van der Waals surface area contributed by atoms with Crippen LogP contribution < -0.4 is 4.74 Å². The van der Waals surface area contributed by atoms with Crippen molar-refractivity contribution in [1.82, 2.24) is 9.88 Å². The summed E-state index contributed by atoms with van der Waals surface area (Å²) in [6.45, 7) is 4.93. The summed E-state index contributed by atoms with van der Waals surface area (Å²) in [7, 11) is 1.70. The second-order valence-electron chi connectivity index (χ2n) is 5.37. The molecule has 1 aromatic carbocycles. The SMILES string of the molecule is COc1ccc(CN2CCCOCC2)cc1.Clc1cccc(Cl)n1. The van der Waals surface area contributed by atoms with Crippen molar-refractivity contribution >= 4 is 23.2 Å². The number of hydrogen-bond acceptors (Lipinski definition) is 4. The quantitative estimate of drug-likeness (QED) is 0.756. The predicted octanol–water partition coefficient (Wildman–Crippen LogP) is 4.31.